The van der Waals surface area contributed by atoms with Gasteiger partial charge in [0.2, 0.25) is 4.96 Å². The number of rotatable bonds is 3. The summed E-state index contributed by atoms with van der Waals surface area (Å²) >= 11 is 1.08. The number of thiazole rings is 1. The maximum Gasteiger partial charge on any atom is 0.296 e. The van der Waals surface area contributed by atoms with Crippen LogP contribution < -0.4 is 15.7 Å². The van der Waals surface area contributed by atoms with Crippen molar-refractivity contribution >= 4 is 22.4 Å². The first-order valence-corrected chi connectivity index (χ1v) is 9.07. The molecule has 4 aromatic rings. The van der Waals surface area contributed by atoms with Crippen LogP contribution in [0.2, 0.25) is 0 Å². The summed E-state index contributed by atoms with van der Waals surface area (Å²) in [5.41, 5.74) is 2.16. The van der Waals surface area contributed by atoms with Gasteiger partial charge in [-0.15, -0.1) is 0 Å². The molecule has 0 aliphatic rings. The fraction of sp³-hybridized carbons (Fsp3) is 0.100. The third kappa shape index (κ3) is 3.54. The summed E-state index contributed by atoms with van der Waals surface area (Å²) in [6.45, 7) is 1.98. The molecule has 7 heteroatoms. The van der Waals surface area contributed by atoms with Crippen molar-refractivity contribution < 1.29 is 4.39 Å². The molecule has 2 heterocycles. The van der Waals surface area contributed by atoms with E-state index in [4.69, 9.17) is 0 Å². The first-order chi connectivity index (χ1) is 13.0. The van der Waals surface area contributed by atoms with Crippen molar-refractivity contribution in [2.45, 2.75) is 13.3 Å². The number of fused-ring (bicyclic) bond motifs is 1. The zero-order valence-electron chi connectivity index (χ0n) is 14.3. The molecule has 2 aromatic carbocycles. The van der Waals surface area contributed by atoms with Crippen molar-refractivity contribution in [1.29, 1.82) is 0 Å². The van der Waals surface area contributed by atoms with Crippen LogP contribution in [-0.2, 0) is 6.42 Å². The average Bonchev–Trinajstić information content (AvgIpc) is 2.94. The standard InChI is InChI=1S/C20H14FN3O2S/c1-12-2-4-13(5-3-12)10-16-18(25)22-20-24(23-16)19(26)17(27-20)11-14-6-8-15(21)9-7-14/h2-9,11H,10H2,1H3/b17-11-. The van der Waals surface area contributed by atoms with Crippen LogP contribution in [0.4, 0.5) is 4.39 Å². The first-order valence-electron chi connectivity index (χ1n) is 8.25. The number of hydrogen-bond donors (Lipinski definition) is 0. The highest BCUT2D eigenvalue weighted by molar-refractivity contribution is 7.15. The molecule has 4 rings (SSSR count). The van der Waals surface area contributed by atoms with E-state index in [-0.39, 0.29) is 22.0 Å². The Kier molecular flexibility index (Phi) is 4.37. The smallest absolute Gasteiger partial charge is 0.266 e. The van der Waals surface area contributed by atoms with Crippen molar-refractivity contribution in [3.05, 3.63) is 102 Å². The predicted molar refractivity (Wildman–Crippen MR) is 103 cm³/mol. The Bertz CT molecular complexity index is 1290. The van der Waals surface area contributed by atoms with Crippen molar-refractivity contribution in [2.75, 3.05) is 0 Å². The SMILES string of the molecule is Cc1ccc(Cc2nn3c(=O)/c(=C/c4ccc(F)cc4)sc3nc2=O)cc1. The van der Waals surface area contributed by atoms with Gasteiger partial charge < -0.3 is 0 Å². The van der Waals surface area contributed by atoms with Crippen molar-refractivity contribution in [1.82, 2.24) is 14.6 Å². The highest BCUT2D eigenvalue weighted by Crippen LogP contribution is 2.07. The van der Waals surface area contributed by atoms with E-state index >= 15 is 0 Å². The lowest BCUT2D eigenvalue weighted by molar-refractivity contribution is 0.628. The van der Waals surface area contributed by atoms with Gasteiger partial charge in [0.1, 0.15) is 11.5 Å². The topological polar surface area (TPSA) is 64.3 Å². The molecule has 0 aliphatic carbocycles. The zero-order chi connectivity index (χ0) is 19.0. The fourth-order valence-electron chi connectivity index (χ4n) is 2.66. The molecule has 0 unspecified atom stereocenters. The number of halogens is 1. The maximum absolute atomic E-state index is 13.0. The van der Waals surface area contributed by atoms with Gasteiger partial charge in [-0.05, 0) is 36.3 Å². The van der Waals surface area contributed by atoms with Gasteiger partial charge in [-0.1, -0.05) is 53.3 Å². The van der Waals surface area contributed by atoms with E-state index in [1.54, 1.807) is 18.2 Å². The fourth-order valence-corrected chi connectivity index (χ4v) is 3.57. The van der Waals surface area contributed by atoms with Crippen LogP contribution in [0, 0.1) is 12.7 Å². The van der Waals surface area contributed by atoms with Crippen LogP contribution in [0.1, 0.15) is 22.4 Å². The van der Waals surface area contributed by atoms with Crippen molar-refractivity contribution in [3.63, 3.8) is 0 Å². The van der Waals surface area contributed by atoms with E-state index in [9.17, 15) is 14.0 Å². The maximum atomic E-state index is 13.0. The second-order valence-corrected chi connectivity index (χ2v) is 7.20. The molecule has 134 valence electrons. The third-order valence-electron chi connectivity index (χ3n) is 4.11. The molecule has 0 N–H and O–H groups in total. The Morgan fingerprint density at radius 1 is 1.07 bits per heavy atom. The van der Waals surface area contributed by atoms with E-state index < -0.39 is 5.56 Å². The second kappa shape index (κ2) is 6.85. The Morgan fingerprint density at radius 3 is 2.48 bits per heavy atom. The minimum atomic E-state index is -0.440. The number of hydrogen-bond acceptors (Lipinski definition) is 5. The molecule has 0 radical (unpaired) electrons. The Balaban J connectivity index is 1.79. The van der Waals surface area contributed by atoms with Gasteiger partial charge in [0, 0.05) is 6.42 Å². The summed E-state index contributed by atoms with van der Waals surface area (Å²) in [5.74, 6) is -0.347. The van der Waals surface area contributed by atoms with Crippen molar-refractivity contribution in [3.8, 4) is 0 Å². The highest BCUT2D eigenvalue weighted by atomic mass is 32.1. The van der Waals surface area contributed by atoms with Crippen LogP contribution in [0.25, 0.3) is 11.0 Å². The highest BCUT2D eigenvalue weighted by Gasteiger charge is 2.11. The van der Waals surface area contributed by atoms with Gasteiger partial charge in [-0.3, -0.25) is 9.59 Å². The lowest BCUT2D eigenvalue weighted by Crippen LogP contribution is -2.28. The summed E-state index contributed by atoms with van der Waals surface area (Å²) < 4.78 is 14.6. The lowest BCUT2D eigenvalue weighted by Gasteiger charge is -2.01. The quantitative estimate of drug-likeness (QED) is 0.547. The summed E-state index contributed by atoms with van der Waals surface area (Å²) in [5, 5.41) is 4.23. The Morgan fingerprint density at radius 2 is 1.78 bits per heavy atom. The van der Waals surface area contributed by atoms with Crippen LogP contribution in [0.5, 0.6) is 0 Å². The Labute approximate surface area is 157 Å². The van der Waals surface area contributed by atoms with Crippen LogP contribution >= 0.6 is 11.3 Å². The molecule has 0 saturated heterocycles. The monoisotopic (exact) mass is 379 g/mol. The van der Waals surface area contributed by atoms with E-state index in [0.717, 1.165) is 27.0 Å². The average molecular weight is 379 g/mol. The van der Waals surface area contributed by atoms with Gasteiger partial charge in [0.15, 0.2) is 0 Å². The number of aryl methyl sites for hydroxylation is 1. The van der Waals surface area contributed by atoms with Gasteiger partial charge >= 0.3 is 0 Å². The summed E-state index contributed by atoms with van der Waals surface area (Å²) in [7, 11) is 0. The minimum Gasteiger partial charge on any atom is -0.266 e. The summed E-state index contributed by atoms with van der Waals surface area (Å²) in [6, 6.07) is 13.6. The van der Waals surface area contributed by atoms with Gasteiger partial charge in [0.25, 0.3) is 11.1 Å². The van der Waals surface area contributed by atoms with Gasteiger partial charge in [0.05, 0.1) is 4.53 Å². The molecule has 0 atom stereocenters. The molecule has 0 bridgehead atoms. The molecule has 0 aliphatic heterocycles. The molecular formula is C20H14FN3O2S. The third-order valence-corrected chi connectivity index (χ3v) is 5.07. The van der Waals surface area contributed by atoms with Gasteiger partial charge in [-0.2, -0.15) is 14.6 Å². The molecule has 0 spiro atoms. The molecular weight excluding hydrogens is 365 g/mol. The largest absolute Gasteiger partial charge is 0.296 e. The second-order valence-electron chi connectivity index (χ2n) is 6.19. The number of benzene rings is 2. The lowest BCUT2D eigenvalue weighted by atomic mass is 10.1. The van der Waals surface area contributed by atoms with Crippen molar-refractivity contribution in [2.24, 2.45) is 0 Å². The molecule has 0 fully saturated rings. The molecule has 0 amide bonds. The molecule has 2 aromatic heterocycles. The van der Waals surface area contributed by atoms with E-state index in [1.165, 1.54) is 12.1 Å². The Hall–Kier alpha value is -3.19. The summed E-state index contributed by atoms with van der Waals surface area (Å²) in [4.78, 5) is 29.2. The molecule has 27 heavy (non-hydrogen) atoms. The van der Waals surface area contributed by atoms with Crippen LogP contribution in [0.3, 0.4) is 0 Å². The first kappa shape index (κ1) is 17.2. The van der Waals surface area contributed by atoms with Crippen LogP contribution in [-0.4, -0.2) is 14.6 Å². The van der Waals surface area contributed by atoms with E-state index in [0.29, 0.717) is 16.5 Å². The normalized spacial score (nSPS) is 12.0. The number of nitrogens with zero attached hydrogens (tertiary/aromatic N) is 3. The summed E-state index contributed by atoms with van der Waals surface area (Å²) in [6.07, 6.45) is 1.94. The minimum absolute atomic E-state index is 0.222. The zero-order valence-corrected chi connectivity index (χ0v) is 15.2. The molecule has 5 nitrogen and oxygen atoms in total. The number of aromatic nitrogens is 3. The van der Waals surface area contributed by atoms with E-state index in [2.05, 4.69) is 10.1 Å². The predicted octanol–water partition coefficient (Wildman–Crippen LogP) is 2.10. The van der Waals surface area contributed by atoms with E-state index in [1.807, 2.05) is 31.2 Å². The van der Waals surface area contributed by atoms with Gasteiger partial charge in [-0.25, -0.2) is 4.39 Å². The molecule has 0 saturated carbocycles. The van der Waals surface area contributed by atoms with Crippen LogP contribution in [0.15, 0.2) is 58.1 Å².